The molecule has 1 rings (SSSR count). The Morgan fingerprint density at radius 2 is 2.00 bits per heavy atom. The number of hydrogen-bond acceptors (Lipinski definition) is 2. The first-order valence-corrected chi connectivity index (χ1v) is 8.03. The zero-order valence-electron chi connectivity index (χ0n) is 13.7. The molecule has 118 valence electrons. The van der Waals surface area contributed by atoms with Gasteiger partial charge in [0.1, 0.15) is 5.56 Å². The minimum Gasteiger partial charge on any atom is -0.349 e. The van der Waals surface area contributed by atoms with Crippen molar-refractivity contribution in [1.29, 1.82) is 0 Å². The summed E-state index contributed by atoms with van der Waals surface area (Å²) in [6.45, 7) is 8.14. The van der Waals surface area contributed by atoms with E-state index >= 15 is 0 Å². The first kappa shape index (κ1) is 17.5. The molecule has 2 N–H and O–H groups in total. The highest BCUT2D eigenvalue weighted by atomic mass is 16.2. The fraction of sp³-hybridized carbons (Fsp3) is 0.647. The van der Waals surface area contributed by atoms with Gasteiger partial charge in [0.25, 0.3) is 11.5 Å². The second-order valence-electron chi connectivity index (χ2n) is 5.79. The predicted molar refractivity (Wildman–Crippen MR) is 86.9 cm³/mol. The molecule has 0 saturated heterocycles. The van der Waals surface area contributed by atoms with E-state index in [0.29, 0.717) is 0 Å². The quantitative estimate of drug-likeness (QED) is 0.722. The lowest BCUT2D eigenvalue weighted by Crippen LogP contribution is -2.36. The van der Waals surface area contributed by atoms with Gasteiger partial charge in [-0.15, -0.1) is 0 Å². The normalized spacial score (nSPS) is 12.2. The van der Waals surface area contributed by atoms with Crippen LogP contribution in [0.1, 0.15) is 74.5 Å². The maximum atomic E-state index is 12.2. The van der Waals surface area contributed by atoms with E-state index in [0.717, 1.165) is 36.9 Å². The maximum Gasteiger partial charge on any atom is 0.261 e. The number of H-pyrrole nitrogens is 1. The first-order valence-electron chi connectivity index (χ1n) is 8.03. The van der Waals surface area contributed by atoms with Gasteiger partial charge in [-0.2, -0.15) is 0 Å². The van der Waals surface area contributed by atoms with E-state index in [4.69, 9.17) is 0 Å². The van der Waals surface area contributed by atoms with Crippen molar-refractivity contribution in [3.63, 3.8) is 0 Å². The number of nitrogens with one attached hydrogen (secondary N) is 2. The van der Waals surface area contributed by atoms with Crippen LogP contribution in [-0.2, 0) is 6.42 Å². The summed E-state index contributed by atoms with van der Waals surface area (Å²) in [7, 11) is 0. The Kier molecular flexibility index (Phi) is 7.20. The molecule has 21 heavy (non-hydrogen) atoms. The molecule has 0 saturated carbocycles. The summed E-state index contributed by atoms with van der Waals surface area (Å²) < 4.78 is 0. The van der Waals surface area contributed by atoms with Crippen LogP contribution in [0.5, 0.6) is 0 Å². The van der Waals surface area contributed by atoms with Crippen LogP contribution in [0.2, 0.25) is 0 Å². The van der Waals surface area contributed by atoms with Gasteiger partial charge in [0, 0.05) is 11.7 Å². The van der Waals surface area contributed by atoms with Crippen LogP contribution in [0.4, 0.5) is 0 Å². The minimum absolute atomic E-state index is 0.0964. The summed E-state index contributed by atoms with van der Waals surface area (Å²) in [6, 6.07) is 1.80. The van der Waals surface area contributed by atoms with Crippen molar-refractivity contribution in [1.82, 2.24) is 10.3 Å². The van der Waals surface area contributed by atoms with E-state index in [2.05, 4.69) is 24.1 Å². The number of carbonyl (C=O) groups excluding carboxylic acids is 1. The van der Waals surface area contributed by atoms with Crippen molar-refractivity contribution in [3.05, 3.63) is 33.2 Å². The number of aromatic amines is 1. The highest BCUT2D eigenvalue weighted by Gasteiger charge is 2.15. The summed E-state index contributed by atoms with van der Waals surface area (Å²) in [5.41, 5.74) is 1.83. The lowest BCUT2D eigenvalue weighted by Gasteiger charge is -2.14. The number of unbranched alkanes of at least 4 members (excludes halogenated alkanes) is 2. The number of aromatic nitrogens is 1. The third kappa shape index (κ3) is 5.37. The van der Waals surface area contributed by atoms with Crippen LogP contribution in [0.25, 0.3) is 0 Å². The maximum absolute atomic E-state index is 12.2. The van der Waals surface area contributed by atoms with Crippen molar-refractivity contribution < 1.29 is 4.79 Å². The Morgan fingerprint density at radius 3 is 2.62 bits per heavy atom. The lowest BCUT2D eigenvalue weighted by molar-refractivity contribution is 0.0936. The van der Waals surface area contributed by atoms with Crippen LogP contribution in [0, 0.1) is 6.92 Å². The fourth-order valence-corrected chi connectivity index (χ4v) is 2.42. The lowest BCUT2D eigenvalue weighted by atomic mass is 10.1. The minimum atomic E-state index is -0.290. The Labute approximate surface area is 127 Å². The van der Waals surface area contributed by atoms with Crippen molar-refractivity contribution in [2.24, 2.45) is 0 Å². The van der Waals surface area contributed by atoms with Gasteiger partial charge >= 0.3 is 0 Å². The van der Waals surface area contributed by atoms with Gasteiger partial charge in [-0.25, -0.2) is 0 Å². The molecule has 1 amide bonds. The van der Waals surface area contributed by atoms with Gasteiger partial charge in [-0.3, -0.25) is 9.59 Å². The molecule has 0 aliphatic carbocycles. The summed E-state index contributed by atoms with van der Waals surface area (Å²) in [5, 5.41) is 2.92. The molecule has 0 aromatic carbocycles. The Morgan fingerprint density at radius 1 is 1.29 bits per heavy atom. The molecule has 1 heterocycles. The van der Waals surface area contributed by atoms with Crippen molar-refractivity contribution >= 4 is 5.91 Å². The summed E-state index contributed by atoms with van der Waals surface area (Å²) >= 11 is 0. The Bertz CT molecular complexity index is 520. The molecule has 0 bridgehead atoms. The number of pyridine rings is 1. The fourth-order valence-electron chi connectivity index (χ4n) is 2.42. The standard InChI is InChI=1S/C17H28N2O2/c1-5-7-8-10-13(4)18-16(20)14-11-12(3)15(9-6-2)19-17(14)21/h11,13H,5-10H2,1-4H3,(H,18,20)(H,19,21)/t13-/m0/s1. The number of amides is 1. The van der Waals surface area contributed by atoms with Crippen LogP contribution in [-0.4, -0.2) is 16.9 Å². The highest BCUT2D eigenvalue weighted by molar-refractivity contribution is 5.94. The van der Waals surface area contributed by atoms with Crippen LogP contribution < -0.4 is 10.9 Å². The third-order valence-electron chi connectivity index (χ3n) is 3.71. The zero-order chi connectivity index (χ0) is 15.8. The van der Waals surface area contributed by atoms with Gasteiger partial charge in [0.2, 0.25) is 0 Å². The number of aryl methyl sites for hydroxylation is 2. The molecule has 0 radical (unpaired) electrons. The average molecular weight is 292 g/mol. The van der Waals surface area contributed by atoms with Crippen molar-refractivity contribution in [2.75, 3.05) is 0 Å². The molecule has 1 aromatic rings. The summed E-state index contributed by atoms with van der Waals surface area (Å²) in [6.07, 6.45) is 6.18. The molecule has 1 atom stereocenters. The molecular formula is C17H28N2O2. The van der Waals surface area contributed by atoms with E-state index in [1.165, 1.54) is 12.8 Å². The molecule has 4 heteroatoms. The second-order valence-corrected chi connectivity index (χ2v) is 5.79. The molecule has 1 aromatic heterocycles. The van der Waals surface area contributed by atoms with E-state index in [-0.39, 0.29) is 23.1 Å². The predicted octanol–water partition coefficient (Wildman–Crippen LogP) is 3.33. The summed E-state index contributed by atoms with van der Waals surface area (Å²) in [5.74, 6) is -0.272. The van der Waals surface area contributed by atoms with Crippen molar-refractivity contribution in [3.8, 4) is 0 Å². The zero-order valence-corrected chi connectivity index (χ0v) is 13.7. The van der Waals surface area contributed by atoms with Gasteiger partial charge in [0.15, 0.2) is 0 Å². The SMILES string of the molecule is CCCCC[C@H](C)NC(=O)c1cc(C)c(CCC)[nH]c1=O. The smallest absolute Gasteiger partial charge is 0.261 e. The van der Waals surface area contributed by atoms with Gasteiger partial charge in [-0.05, 0) is 38.3 Å². The topological polar surface area (TPSA) is 62.0 Å². The van der Waals surface area contributed by atoms with E-state index in [9.17, 15) is 9.59 Å². The number of rotatable bonds is 8. The highest BCUT2D eigenvalue weighted by Crippen LogP contribution is 2.08. The molecule has 0 spiro atoms. The first-order chi connectivity index (χ1) is 9.99. The van der Waals surface area contributed by atoms with Crippen LogP contribution >= 0.6 is 0 Å². The van der Waals surface area contributed by atoms with Gasteiger partial charge < -0.3 is 10.3 Å². The third-order valence-corrected chi connectivity index (χ3v) is 3.71. The molecule has 0 fully saturated rings. The molecule has 0 unspecified atom stereocenters. The van der Waals surface area contributed by atoms with Crippen LogP contribution in [0.3, 0.4) is 0 Å². The number of hydrogen-bond donors (Lipinski definition) is 2. The monoisotopic (exact) mass is 292 g/mol. The largest absolute Gasteiger partial charge is 0.349 e. The number of carbonyl (C=O) groups is 1. The summed E-state index contributed by atoms with van der Waals surface area (Å²) in [4.78, 5) is 27.1. The average Bonchev–Trinajstić information content (AvgIpc) is 2.43. The van der Waals surface area contributed by atoms with Crippen molar-refractivity contribution in [2.45, 2.75) is 72.3 Å². The van der Waals surface area contributed by atoms with E-state index in [1.54, 1.807) is 6.07 Å². The van der Waals surface area contributed by atoms with Crippen LogP contribution in [0.15, 0.2) is 10.9 Å². The van der Waals surface area contributed by atoms with E-state index < -0.39 is 0 Å². The van der Waals surface area contributed by atoms with Gasteiger partial charge in [-0.1, -0.05) is 39.5 Å². The van der Waals surface area contributed by atoms with E-state index in [1.807, 2.05) is 13.8 Å². The molecule has 0 aliphatic heterocycles. The second kappa shape index (κ2) is 8.65. The molecular weight excluding hydrogens is 264 g/mol. The Balaban J connectivity index is 2.74. The Hall–Kier alpha value is -1.58. The molecule has 4 nitrogen and oxygen atoms in total. The molecule has 0 aliphatic rings. The van der Waals surface area contributed by atoms with Gasteiger partial charge in [0.05, 0.1) is 0 Å².